The summed E-state index contributed by atoms with van der Waals surface area (Å²) in [6, 6.07) is 0. The molecule has 0 aliphatic carbocycles. The molecular formula is C10H22N2O2S2. The monoisotopic (exact) mass is 266 g/mol. The summed E-state index contributed by atoms with van der Waals surface area (Å²) in [6.07, 6.45) is 2.37. The number of sulfone groups is 1. The van der Waals surface area contributed by atoms with Crippen LogP contribution in [-0.2, 0) is 9.84 Å². The lowest BCUT2D eigenvalue weighted by Gasteiger charge is -2.33. The Labute approximate surface area is 103 Å². The van der Waals surface area contributed by atoms with Crippen molar-refractivity contribution in [2.24, 2.45) is 0 Å². The van der Waals surface area contributed by atoms with Gasteiger partial charge in [-0.15, -0.1) is 0 Å². The van der Waals surface area contributed by atoms with Crippen molar-refractivity contribution in [2.75, 3.05) is 43.9 Å². The highest BCUT2D eigenvalue weighted by Gasteiger charge is 2.30. The summed E-state index contributed by atoms with van der Waals surface area (Å²) in [5.41, 5.74) is 0. The molecule has 16 heavy (non-hydrogen) atoms. The zero-order valence-electron chi connectivity index (χ0n) is 10.1. The van der Waals surface area contributed by atoms with Gasteiger partial charge in [0.1, 0.15) is 5.37 Å². The average Bonchev–Trinajstić information content (AvgIpc) is 2.24. The van der Waals surface area contributed by atoms with Crippen LogP contribution in [0.15, 0.2) is 0 Å². The molecule has 0 saturated carbocycles. The normalized spacial score (nSPS) is 23.5. The third-order valence-corrected chi connectivity index (χ3v) is 5.42. The number of hydrogen-bond donors (Lipinski definition) is 1. The molecule has 0 amide bonds. The standard InChI is InChI=1S/C10H22N2O2S2/c1-3-11-5-4-6-12-7-8-15-9-10(12)16(2,13)14/h10-11H,3-9H2,1-2H3. The molecule has 1 heterocycles. The van der Waals surface area contributed by atoms with E-state index in [2.05, 4.69) is 17.1 Å². The van der Waals surface area contributed by atoms with Crippen molar-refractivity contribution >= 4 is 21.6 Å². The van der Waals surface area contributed by atoms with E-state index >= 15 is 0 Å². The van der Waals surface area contributed by atoms with Gasteiger partial charge in [0.2, 0.25) is 0 Å². The van der Waals surface area contributed by atoms with Crippen LogP contribution in [0.5, 0.6) is 0 Å². The van der Waals surface area contributed by atoms with Gasteiger partial charge in [0.15, 0.2) is 9.84 Å². The fourth-order valence-electron chi connectivity index (χ4n) is 1.85. The van der Waals surface area contributed by atoms with E-state index in [0.717, 1.165) is 44.1 Å². The van der Waals surface area contributed by atoms with Crippen molar-refractivity contribution in [2.45, 2.75) is 18.7 Å². The molecule has 6 heteroatoms. The fraction of sp³-hybridized carbons (Fsp3) is 1.00. The van der Waals surface area contributed by atoms with Crippen molar-refractivity contribution in [3.8, 4) is 0 Å². The van der Waals surface area contributed by atoms with Gasteiger partial charge in [0.05, 0.1) is 0 Å². The number of nitrogens with one attached hydrogen (secondary N) is 1. The van der Waals surface area contributed by atoms with E-state index in [4.69, 9.17) is 0 Å². The minimum absolute atomic E-state index is 0.270. The Bertz CT molecular complexity index is 293. The Hall–Kier alpha value is 0.220. The Morgan fingerprint density at radius 1 is 1.50 bits per heavy atom. The Balaban J connectivity index is 2.42. The van der Waals surface area contributed by atoms with Crippen molar-refractivity contribution < 1.29 is 8.42 Å². The Morgan fingerprint density at radius 2 is 2.25 bits per heavy atom. The van der Waals surface area contributed by atoms with E-state index in [1.54, 1.807) is 11.8 Å². The van der Waals surface area contributed by atoms with Gasteiger partial charge in [-0.25, -0.2) is 8.42 Å². The zero-order valence-corrected chi connectivity index (χ0v) is 11.7. The largest absolute Gasteiger partial charge is 0.317 e. The van der Waals surface area contributed by atoms with Crippen molar-refractivity contribution in [1.82, 2.24) is 10.2 Å². The number of thioether (sulfide) groups is 1. The second kappa shape index (κ2) is 6.83. The molecule has 1 aliphatic rings. The molecule has 1 fully saturated rings. The summed E-state index contributed by atoms with van der Waals surface area (Å²) in [5.74, 6) is 1.77. The summed E-state index contributed by atoms with van der Waals surface area (Å²) in [7, 11) is -2.93. The van der Waals surface area contributed by atoms with Gasteiger partial charge in [-0.2, -0.15) is 11.8 Å². The van der Waals surface area contributed by atoms with Crippen LogP contribution in [0.25, 0.3) is 0 Å². The van der Waals surface area contributed by atoms with Gasteiger partial charge < -0.3 is 5.32 Å². The first kappa shape index (κ1) is 14.3. The lowest BCUT2D eigenvalue weighted by molar-refractivity contribution is 0.266. The van der Waals surface area contributed by atoms with Gasteiger partial charge in [0.25, 0.3) is 0 Å². The number of nitrogens with zero attached hydrogens (tertiary/aromatic N) is 1. The molecule has 0 radical (unpaired) electrons. The lowest BCUT2D eigenvalue weighted by atomic mass is 10.3. The molecule has 0 aromatic rings. The first-order chi connectivity index (χ1) is 7.55. The predicted molar refractivity (Wildman–Crippen MR) is 70.7 cm³/mol. The van der Waals surface area contributed by atoms with Gasteiger partial charge in [-0.3, -0.25) is 4.90 Å². The fourth-order valence-corrected chi connectivity index (χ4v) is 4.82. The van der Waals surface area contributed by atoms with E-state index in [1.807, 2.05) is 0 Å². The summed E-state index contributed by atoms with van der Waals surface area (Å²) >= 11 is 1.74. The van der Waals surface area contributed by atoms with Crippen LogP contribution in [-0.4, -0.2) is 62.6 Å². The molecule has 1 N–H and O–H groups in total. The topological polar surface area (TPSA) is 49.4 Å². The molecule has 96 valence electrons. The molecular weight excluding hydrogens is 244 g/mol. The second-order valence-electron chi connectivity index (χ2n) is 4.10. The van der Waals surface area contributed by atoms with Crippen LogP contribution >= 0.6 is 11.8 Å². The van der Waals surface area contributed by atoms with Crippen LogP contribution in [0.4, 0.5) is 0 Å². The highest BCUT2D eigenvalue weighted by molar-refractivity contribution is 8.00. The number of hydrogen-bond acceptors (Lipinski definition) is 5. The van der Waals surface area contributed by atoms with Gasteiger partial charge in [-0.1, -0.05) is 6.92 Å². The van der Waals surface area contributed by atoms with Crippen molar-refractivity contribution in [3.63, 3.8) is 0 Å². The third kappa shape index (κ3) is 4.61. The summed E-state index contributed by atoms with van der Waals surface area (Å²) in [6.45, 7) is 5.80. The third-order valence-electron chi connectivity index (χ3n) is 2.73. The van der Waals surface area contributed by atoms with Gasteiger partial charge in [0, 0.05) is 30.9 Å². The highest BCUT2D eigenvalue weighted by atomic mass is 32.2. The smallest absolute Gasteiger partial charge is 0.164 e. The van der Waals surface area contributed by atoms with Crippen LogP contribution in [0.3, 0.4) is 0 Å². The van der Waals surface area contributed by atoms with Gasteiger partial charge in [-0.05, 0) is 19.5 Å². The zero-order chi connectivity index (χ0) is 12.0. The minimum atomic E-state index is -2.93. The highest BCUT2D eigenvalue weighted by Crippen LogP contribution is 2.20. The molecule has 1 aliphatic heterocycles. The minimum Gasteiger partial charge on any atom is -0.317 e. The lowest BCUT2D eigenvalue weighted by Crippen LogP contribution is -2.47. The molecule has 1 atom stereocenters. The summed E-state index contributed by atoms with van der Waals surface area (Å²) in [5, 5.41) is 2.99. The SMILES string of the molecule is CCNCCCN1CCSCC1S(C)(=O)=O. The summed E-state index contributed by atoms with van der Waals surface area (Å²) < 4.78 is 23.2. The first-order valence-corrected chi connectivity index (χ1v) is 8.88. The predicted octanol–water partition coefficient (Wildman–Crippen LogP) is 0.406. The van der Waals surface area contributed by atoms with Crippen molar-refractivity contribution in [1.29, 1.82) is 0 Å². The molecule has 4 nitrogen and oxygen atoms in total. The van der Waals surface area contributed by atoms with Crippen LogP contribution < -0.4 is 5.32 Å². The van der Waals surface area contributed by atoms with E-state index in [-0.39, 0.29) is 5.37 Å². The molecule has 1 unspecified atom stereocenters. The molecule has 1 saturated heterocycles. The quantitative estimate of drug-likeness (QED) is 0.706. The average molecular weight is 266 g/mol. The molecule has 0 spiro atoms. The number of rotatable bonds is 6. The van der Waals surface area contributed by atoms with E-state index in [0.29, 0.717) is 0 Å². The Morgan fingerprint density at radius 3 is 2.88 bits per heavy atom. The second-order valence-corrected chi connectivity index (χ2v) is 7.46. The maximum Gasteiger partial charge on any atom is 0.164 e. The van der Waals surface area contributed by atoms with E-state index in [1.165, 1.54) is 6.26 Å². The Kier molecular flexibility index (Phi) is 6.10. The van der Waals surface area contributed by atoms with Crippen LogP contribution in [0.1, 0.15) is 13.3 Å². The van der Waals surface area contributed by atoms with Gasteiger partial charge >= 0.3 is 0 Å². The van der Waals surface area contributed by atoms with Crippen LogP contribution in [0.2, 0.25) is 0 Å². The molecule has 1 rings (SSSR count). The molecule has 0 aromatic heterocycles. The van der Waals surface area contributed by atoms with Crippen molar-refractivity contribution in [3.05, 3.63) is 0 Å². The first-order valence-electron chi connectivity index (χ1n) is 5.77. The summed E-state index contributed by atoms with van der Waals surface area (Å²) in [4.78, 5) is 2.11. The van der Waals surface area contributed by atoms with E-state index < -0.39 is 9.84 Å². The molecule has 0 aromatic carbocycles. The maximum absolute atomic E-state index is 11.6. The molecule has 0 bridgehead atoms. The van der Waals surface area contributed by atoms with Crippen LogP contribution in [0, 0.1) is 0 Å². The maximum atomic E-state index is 11.6. The van der Waals surface area contributed by atoms with E-state index in [9.17, 15) is 8.42 Å².